The molecule has 1 aromatic carbocycles. The number of carbonyl (C=O) groups is 2. The van der Waals surface area contributed by atoms with Gasteiger partial charge < -0.3 is 9.73 Å². The van der Waals surface area contributed by atoms with E-state index in [1.165, 1.54) is 0 Å². The number of nitrogens with zero attached hydrogens (tertiary/aromatic N) is 2. The number of benzene rings is 1. The Kier molecular flexibility index (Phi) is 5.86. The van der Waals surface area contributed by atoms with E-state index in [9.17, 15) is 9.59 Å². The number of pyridine rings is 1. The van der Waals surface area contributed by atoms with Gasteiger partial charge in [-0.05, 0) is 57.0 Å². The lowest BCUT2D eigenvalue weighted by Gasteiger charge is -2.13. The summed E-state index contributed by atoms with van der Waals surface area (Å²) in [5.74, 6) is 0.659. The Morgan fingerprint density at radius 3 is 2.68 bits per heavy atom. The molecule has 7 nitrogen and oxygen atoms in total. The van der Waals surface area contributed by atoms with E-state index in [1.807, 2.05) is 26.0 Å². The average molecular weight is 437 g/mol. The number of aromatic nitrogens is 1. The summed E-state index contributed by atoms with van der Waals surface area (Å²) < 4.78 is 5.89. The molecule has 2 aromatic heterocycles. The SMILES string of the molecule is Cc1cccc(NC(=O)c2oc3c(c2C)/C(=N/NC(=O)c2cccc(Cl)c2)CCC3)n1. The van der Waals surface area contributed by atoms with Crippen molar-refractivity contribution in [1.29, 1.82) is 0 Å². The fourth-order valence-electron chi connectivity index (χ4n) is 3.59. The molecule has 1 aliphatic rings. The molecular weight excluding hydrogens is 416 g/mol. The topological polar surface area (TPSA) is 96.6 Å². The van der Waals surface area contributed by atoms with Crippen molar-refractivity contribution in [3.05, 3.63) is 81.4 Å². The minimum Gasteiger partial charge on any atom is -0.455 e. The summed E-state index contributed by atoms with van der Waals surface area (Å²) in [6, 6.07) is 12.1. The van der Waals surface area contributed by atoms with Crippen LogP contribution in [0.1, 0.15) is 56.3 Å². The Morgan fingerprint density at radius 2 is 1.90 bits per heavy atom. The third kappa shape index (κ3) is 4.51. The van der Waals surface area contributed by atoms with E-state index in [0.717, 1.165) is 17.7 Å². The van der Waals surface area contributed by atoms with E-state index >= 15 is 0 Å². The summed E-state index contributed by atoms with van der Waals surface area (Å²) >= 11 is 5.95. The normalized spacial score (nSPS) is 14.2. The first-order valence-electron chi connectivity index (χ1n) is 9.92. The van der Waals surface area contributed by atoms with Gasteiger partial charge in [0.1, 0.15) is 11.6 Å². The number of amides is 2. The molecule has 1 aliphatic carbocycles. The quantitative estimate of drug-likeness (QED) is 0.581. The third-order valence-electron chi connectivity index (χ3n) is 5.04. The largest absolute Gasteiger partial charge is 0.455 e. The first kappa shape index (κ1) is 20.8. The molecule has 0 fully saturated rings. The monoisotopic (exact) mass is 436 g/mol. The van der Waals surface area contributed by atoms with Gasteiger partial charge >= 0.3 is 0 Å². The van der Waals surface area contributed by atoms with Crippen LogP contribution in [0, 0.1) is 13.8 Å². The molecule has 8 heteroatoms. The van der Waals surface area contributed by atoms with Gasteiger partial charge in [0.25, 0.3) is 11.8 Å². The van der Waals surface area contributed by atoms with Crippen LogP contribution in [0.15, 0.2) is 52.0 Å². The molecule has 0 bridgehead atoms. The van der Waals surface area contributed by atoms with Gasteiger partial charge in [0, 0.05) is 33.8 Å². The Bertz CT molecular complexity index is 1200. The maximum atomic E-state index is 12.8. The maximum absolute atomic E-state index is 12.8. The van der Waals surface area contributed by atoms with Crippen LogP contribution in [0.25, 0.3) is 0 Å². The van der Waals surface area contributed by atoms with Crippen molar-refractivity contribution in [2.24, 2.45) is 5.10 Å². The fraction of sp³-hybridized carbons (Fsp3) is 0.217. The zero-order chi connectivity index (χ0) is 22.0. The van der Waals surface area contributed by atoms with Gasteiger partial charge in [-0.3, -0.25) is 9.59 Å². The van der Waals surface area contributed by atoms with Crippen LogP contribution in [0.5, 0.6) is 0 Å². The highest BCUT2D eigenvalue weighted by molar-refractivity contribution is 6.31. The summed E-state index contributed by atoms with van der Waals surface area (Å²) in [6.45, 7) is 3.67. The third-order valence-corrected chi connectivity index (χ3v) is 5.28. The molecule has 31 heavy (non-hydrogen) atoms. The number of nitrogens with one attached hydrogen (secondary N) is 2. The van der Waals surface area contributed by atoms with Crippen LogP contribution in [0.4, 0.5) is 5.82 Å². The Balaban J connectivity index is 1.57. The van der Waals surface area contributed by atoms with Gasteiger partial charge in [0.05, 0.1) is 5.71 Å². The summed E-state index contributed by atoms with van der Waals surface area (Å²) in [7, 11) is 0. The Labute approximate surface area is 184 Å². The van der Waals surface area contributed by atoms with Crippen molar-refractivity contribution in [1.82, 2.24) is 10.4 Å². The number of hydrazone groups is 1. The maximum Gasteiger partial charge on any atom is 0.292 e. The van der Waals surface area contributed by atoms with Crippen molar-refractivity contribution >= 4 is 34.9 Å². The number of carbonyl (C=O) groups excluding carboxylic acids is 2. The van der Waals surface area contributed by atoms with E-state index in [1.54, 1.807) is 30.3 Å². The lowest BCUT2D eigenvalue weighted by atomic mass is 9.93. The molecule has 2 heterocycles. The van der Waals surface area contributed by atoms with Gasteiger partial charge in [-0.1, -0.05) is 23.7 Å². The second-order valence-electron chi connectivity index (χ2n) is 7.34. The number of aryl methyl sites for hydroxylation is 2. The Morgan fingerprint density at radius 1 is 1.10 bits per heavy atom. The molecule has 3 aromatic rings. The summed E-state index contributed by atoms with van der Waals surface area (Å²) in [5.41, 5.74) is 5.96. The zero-order valence-corrected chi connectivity index (χ0v) is 17.9. The predicted octanol–water partition coefficient (Wildman–Crippen LogP) is 4.67. The minimum atomic E-state index is -0.368. The molecule has 0 atom stereocenters. The first-order valence-corrected chi connectivity index (χ1v) is 10.3. The number of rotatable bonds is 4. The zero-order valence-electron chi connectivity index (χ0n) is 17.2. The molecule has 4 rings (SSSR count). The number of fused-ring (bicyclic) bond motifs is 1. The van der Waals surface area contributed by atoms with Gasteiger partial charge in [-0.15, -0.1) is 0 Å². The van der Waals surface area contributed by atoms with Crippen molar-refractivity contribution in [2.75, 3.05) is 5.32 Å². The molecule has 0 spiro atoms. The summed E-state index contributed by atoms with van der Waals surface area (Å²) in [4.78, 5) is 29.5. The molecular formula is C23H21ClN4O3. The van der Waals surface area contributed by atoms with E-state index < -0.39 is 0 Å². The number of hydrogen-bond acceptors (Lipinski definition) is 5. The van der Waals surface area contributed by atoms with Crippen molar-refractivity contribution < 1.29 is 14.0 Å². The van der Waals surface area contributed by atoms with Gasteiger partial charge in [-0.25, -0.2) is 10.4 Å². The van der Waals surface area contributed by atoms with Gasteiger partial charge in [0.15, 0.2) is 5.76 Å². The fourth-order valence-corrected chi connectivity index (χ4v) is 3.79. The van der Waals surface area contributed by atoms with Crippen LogP contribution in [0.2, 0.25) is 5.02 Å². The van der Waals surface area contributed by atoms with Crippen LogP contribution in [-0.2, 0) is 6.42 Å². The second kappa shape index (κ2) is 8.73. The van der Waals surface area contributed by atoms with Crippen LogP contribution in [0.3, 0.4) is 0 Å². The smallest absolute Gasteiger partial charge is 0.292 e. The summed E-state index contributed by atoms with van der Waals surface area (Å²) in [5, 5.41) is 7.58. The van der Waals surface area contributed by atoms with Crippen molar-refractivity contribution in [3.8, 4) is 0 Å². The molecule has 0 saturated heterocycles. The number of anilines is 1. The van der Waals surface area contributed by atoms with Crippen LogP contribution >= 0.6 is 11.6 Å². The van der Waals surface area contributed by atoms with Gasteiger partial charge in [0.2, 0.25) is 0 Å². The number of hydrogen-bond donors (Lipinski definition) is 2. The molecule has 0 saturated carbocycles. The van der Waals surface area contributed by atoms with Crippen LogP contribution in [-0.4, -0.2) is 22.5 Å². The highest BCUT2D eigenvalue weighted by atomic mass is 35.5. The van der Waals surface area contributed by atoms with Crippen molar-refractivity contribution in [3.63, 3.8) is 0 Å². The van der Waals surface area contributed by atoms with E-state index in [-0.39, 0.29) is 17.6 Å². The molecule has 2 amide bonds. The molecule has 0 aliphatic heterocycles. The lowest BCUT2D eigenvalue weighted by molar-refractivity contribution is 0.0953. The Hall–Kier alpha value is -3.45. The highest BCUT2D eigenvalue weighted by Gasteiger charge is 2.28. The number of furan rings is 1. The first-order chi connectivity index (χ1) is 14.9. The van der Waals surface area contributed by atoms with E-state index in [4.69, 9.17) is 16.0 Å². The highest BCUT2D eigenvalue weighted by Crippen LogP contribution is 2.30. The second-order valence-corrected chi connectivity index (χ2v) is 7.77. The van der Waals surface area contributed by atoms with E-state index in [2.05, 4.69) is 20.8 Å². The average Bonchev–Trinajstić information content (AvgIpc) is 3.09. The van der Waals surface area contributed by atoms with Crippen LogP contribution < -0.4 is 10.7 Å². The minimum absolute atomic E-state index is 0.226. The van der Waals surface area contributed by atoms with Crippen molar-refractivity contribution in [2.45, 2.75) is 33.1 Å². The molecule has 0 radical (unpaired) electrons. The molecule has 2 N–H and O–H groups in total. The molecule has 158 valence electrons. The van der Waals surface area contributed by atoms with E-state index in [0.29, 0.717) is 46.3 Å². The summed E-state index contributed by atoms with van der Waals surface area (Å²) in [6.07, 6.45) is 2.18. The molecule has 0 unspecified atom stereocenters. The lowest BCUT2D eigenvalue weighted by Crippen LogP contribution is -2.22. The van der Waals surface area contributed by atoms with Gasteiger partial charge in [-0.2, -0.15) is 5.10 Å². The standard InChI is InChI=1S/C23H21ClN4O3/c1-13-6-3-11-19(25-13)26-23(30)21-14(2)20-17(9-5-10-18(20)31-21)27-28-22(29)15-7-4-8-16(24)12-15/h3-4,6-8,11-12H,5,9-10H2,1-2H3,(H,28,29)(H,25,26,30)/b27-17+. The number of halogens is 1. The predicted molar refractivity (Wildman–Crippen MR) is 119 cm³/mol.